The van der Waals surface area contributed by atoms with Crippen molar-refractivity contribution in [1.29, 1.82) is 0 Å². The number of thiocarbonyl (C=S) groups is 1. The second-order valence-corrected chi connectivity index (χ2v) is 2.61. The summed E-state index contributed by atoms with van der Waals surface area (Å²) in [5.41, 5.74) is 6.38. The predicted molar refractivity (Wildman–Crippen MR) is 47.2 cm³/mol. The van der Waals surface area contributed by atoms with Crippen LogP contribution in [0.2, 0.25) is 0 Å². The van der Waals surface area contributed by atoms with Crippen LogP contribution in [-0.4, -0.2) is 11.7 Å². The molecule has 0 radical (unpaired) electrons. The van der Waals surface area contributed by atoms with E-state index in [9.17, 15) is 0 Å². The zero-order valence-corrected chi connectivity index (χ0v) is 6.86. The number of nitrogens with two attached hydrogens (primary N) is 1. The maximum atomic E-state index is 5.23. The number of nitrogens with one attached hydrogen (secondary N) is 1. The Morgan fingerprint density at radius 1 is 1.73 bits per heavy atom. The Bertz CT molecular complexity index is 220. The molecule has 0 atom stereocenters. The minimum absolute atomic E-state index is 0.341. The van der Waals surface area contributed by atoms with Gasteiger partial charge < -0.3 is 15.5 Å². The Morgan fingerprint density at radius 2 is 2.55 bits per heavy atom. The highest BCUT2D eigenvalue weighted by Crippen LogP contribution is 1.98. The molecule has 0 bridgehead atoms. The van der Waals surface area contributed by atoms with Crippen molar-refractivity contribution in [2.24, 2.45) is 5.73 Å². The first kappa shape index (κ1) is 8.07. The minimum atomic E-state index is 0.341. The first-order chi connectivity index (χ1) is 5.29. The Morgan fingerprint density at radius 3 is 3.09 bits per heavy atom. The number of rotatable bonds is 3. The molecular weight excluding hydrogens is 160 g/mol. The third-order valence-electron chi connectivity index (χ3n) is 1.29. The van der Waals surface area contributed by atoms with Crippen molar-refractivity contribution >= 4 is 17.3 Å². The molecule has 0 aromatic carbocycles. The van der Waals surface area contributed by atoms with E-state index in [1.54, 1.807) is 12.5 Å². The molecule has 1 rings (SSSR count). The standard InChI is InChI=1S/C7H10N2OS/c8-7(11)9-3-1-6-2-4-10-5-6/h2,4-5H,1,3H2,(H3,8,9,11). The van der Waals surface area contributed by atoms with E-state index >= 15 is 0 Å². The summed E-state index contributed by atoms with van der Waals surface area (Å²) in [5, 5.41) is 3.19. The Labute approximate surface area is 70.6 Å². The molecule has 1 heterocycles. The van der Waals surface area contributed by atoms with Crippen LogP contribution in [0.3, 0.4) is 0 Å². The van der Waals surface area contributed by atoms with Crippen LogP contribution in [0.15, 0.2) is 23.0 Å². The second kappa shape index (κ2) is 3.98. The highest BCUT2D eigenvalue weighted by Gasteiger charge is 1.93. The monoisotopic (exact) mass is 170 g/mol. The molecule has 0 saturated carbocycles. The van der Waals surface area contributed by atoms with Crippen molar-refractivity contribution in [3.63, 3.8) is 0 Å². The quantitative estimate of drug-likeness (QED) is 0.654. The van der Waals surface area contributed by atoms with E-state index in [0.29, 0.717) is 5.11 Å². The molecule has 0 aliphatic heterocycles. The molecule has 1 aromatic heterocycles. The summed E-state index contributed by atoms with van der Waals surface area (Å²) in [7, 11) is 0. The molecule has 3 nitrogen and oxygen atoms in total. The van der Waals surface area contributed by atoms with Crippen LogP contribution in [0.5, 0.6) is 0 Å². The van der Waals surface area contributed by atoms with Gasteiger partial charge in [-0.25, -0.2) is 0 Å². The van der Waals surface area contributed by atoms with E-state index in [-0.39, 0.29) is 0 Å². The van der Waals surface area contributed by atoms with Crippen molar-refractivity contribution < 1.29 is 4.42 Å². The third kappa shape index (κ3) is 3.04. The SMILES string of the molecule is NC(=S)NCCc1ccoc1. The van der Waals surface area contributed by atoms with Gasteiger partial charge in [0, 0.05) is 6.54 Å². The zero-order valence-electron chi connectivity index (χ0n) is 6.04. The summed E-state index contributed by atoms with van der Waals surface area (Å²) in [5.74, 6) is 0. The lowest BCUT2D eigenvalue weighted by molar-refractivity contribution is 0.563. The zero-order chi connectivity index (χ0) is 8.10. The second-order valence-electron chi connectivity index (χ2n) is 2.17. The fourth-order valence-corrected chi connectivity index (χ4v) is 0.867. The Hall–Kier alpha value is -1.03. The van der Waals surface area contributed by atoms with Gasteiger partial charge in [-0.05, 0) is 30.3 Å². The molecule has 0 aliphatic rings. The minimum Gasteiger partial charge on any atom is -0.472 e. The summed E-state index contributed by atoms with van der Waals surface area (Å²) in [6.45, 7) is 0.759. The van der Waals surface area contributed by atoms with Crippen molar-refractivity contribution in [1.82, 2.24) is 5.32 Å². The molecular formula is C7H10N2OS. The van der Waals surface area contributed by atoms with Gasteiger partial charge in [-0.2, -0.15) is 0 Å². The highest BCUT2D eigenvalue weighted by atomic mass is 32.1. The lowest BCUT2D eigenvalue weighted by Gasteiger charge is -1.99. The first-order valence-corrected chi connectivity index (χ1v) is 3.74. The molecule has 0 saturated heterocycles. The molecule has 0 spiro atoms. The lowest BCUT2D eigenvalue weighted by Crippen LogP contribution is -2.30. The smallest absolute Gasteiger partial charge is 0.163 e. The van der Waals surface area contributed by atoms with Gasteiger partial charge in [0.2, 0.25) is 0 Å². The van der Waals surface area contributed by atoms with Crippen molar-refractivity contribution in [3.05, 3.63) is 24.2 Å². The number of hydrogen-bond donors (Lipinski definition) is 2. The van der Waals surface area contributed by atoms with Crippen LogP contribution in [0.4, 0.5) is 0 Å². The predicted octanol–water partition coefficient (Wildman–Crippen LogP) is 0.655. The highest BCUT2D eigenvalue weighted by molar-refractivity contribution is 7.80. The molecule has 0 amide bonds. The van der Waals surface area contributed by atoms with Crippen LogP contribution in [0, 0.1) is 0 Å². The summed E-state index contributed by atoms with van der Waals surface area (Å²) in [6.07, 6.45) is 4.24. The maximum Gasteiger partial charge on any atom is 0.163 e. The first-order valence-electron chi connectivity index (χ1n) is 3.33. The summed E-state index contributed by atoms with van der Waals surface area (Å²) >= 11 is 4.63. The van der Waals surface area contributed by atoms with Crippen LogP contribution in [0.25, 0.3) is 0 Å². The molecule has 0 fully saturated rings. The normalized spacial score (nSPS) is 9.45. The van der Waals surface area contributed by atoms with Gasteiger partial charge in [0.25, 0.3) is 0 Å². The van der Waals surface area contributed by atoms with E-state index in [1.165, 1.54) is 0 Å². The van der Waals surface area contributed by atoms with E-state index in [1.807, 2.05) is 6.07 Å². The van der Waals surface area contributed by atoms with Gasteiger partial charge in [0.15, 0.2) is 5.11 Å². The molecule has 1 aromatic rings. The molecule has 4 heteroatoms. The van der Waals surface area contributed by atoms with Gasteiger partial charge >= 0.3 is 0 Å². The van der Waals surface area contributed by atoms with E-state index in [2.05, 4.69) is 17.5 Å². The van der Waals surface area contributed by atoms with Crippen LogP contribution in [-0.2, 0) is 6.42 Å². The van der Waals surface area contributed by atoms with Gasteiger partial charge in [-0.3, -0.25) is 0 Å². The van der Waals surface area contributed by atoms with Crippen LogP contribution >= 0.6 is 12.2 Å². The van der Waals surface area contributed by atoms with Gasteiger partial charge in [-0.15, -0.1) is 0 Å². The Kier molecular flexibility index (Phi) is 2.92. The molecule has 3 N–H and O–H groups in total. The largest absolute Gasteiger partial charge is 0.472 e. The van der Waals surface area contributed by atoms with Gasteiger partial charge in [0.1, 0.15) is 0 Å². The molecule has 0 aliphatic carbocycles. The van der Waals surface area contributed by atoms with Crippen LogP contribution in [0.1, 0.15) is 5.56 Å². The molecule has 60 valence electrons. The molecule has 0 unspecified atom stereocenters. The van der Waals surface area contributed by atoms with Crippen molar-refractivity contribution in [2.75, 3.05) is 6.54 Å². The van der Waals surface area contributed by atoms with Gasteiger partial charge in [-0.1, -0.05) is 0 Å². The fourth-order valence-electron chi connectivity index (χ4n) is 0.765. The lowest BCUT2D eigenvalue weighted by atomic mass is 10.2. The van der Waals surface area contributed by atoms with E-state index < -0.39 is 0 Å². The average molecular weight is 170 g/mol. The third-order valence-corrected chi connectivity index (χ3v) is 1.44. The van der Waals surface area contributed by atoms with E-state index in [0.717, 1.165) is 18.5 Å². The Balaban J connectivity index is 2.19. The summed E-state index contributed by atoms with van der Waals surface area (Å²) in [4.78, 5) is 0. The number of furan rings is 1. The molecule has 11 heavy (non-hydrogen) atoms. The summed E-state index contributed by atoms with van der Waals surface area (Å²) in [6, 6.07) is 1.92. The van der Waals surface area contributed by atoms with Crippen LogP contribution < -0.4 is 11.1 Å². The van der Waals surface area contributed by atoms with Gasteiger partial charge in [0.05, 0.1) is 12.5 Å². The maximum absolute atomic E-state index is 5.23. The van der Waals surface area contributed by atoms with Crippen molar-refractivity contribution in [2.45, 2.75) is 6.42 Å². The fraction of sp³-hybridized carbons (Fsp3) is 0.286. The van der Waals surface area contributed by atoms with Crippen molar-refractivity contribution in [3.8, 4) is 0 Å². The average Bonchev–Trinajstić information content (AvgIpc) is 2.39. The summed E-state index contributed by atoms with van der Waals surface area (Å²) < 4.78 is 4.88. The van der Waals surface area contributed by atoms with E-state index in [4.69, 9.17) is 10.2 Å². The number of hydrogen-bond acceptors (Lipinski definition) is 2. The topological polar surface area (TPSA) is 51.2 Å².